The molecule has 0 radical (unpaired) electrons. The number of nitrogens with one attached hydrogen (secondary N) is 1. The molecule has 136 valence electrons. The van der Waals surface area contributed by atoms with Gasteiger partial charge in [0.1, 0.15) is 0 Å². The minimum absolute atomic E-state index is 0.0270. The third kappa shape index (κ3) is 3.75. The molecule has 1 unspecified atom stereocenters. The molecule has 0 spiro atoms. The van der Waals surface area contributed by atoms with Crippen molar-refractivity contribution >= 4 is 23.5 Å². The number of carbonyl (C=O) groups excluding carboxylic acids is 1. The van der Waals surface area contributed by atoms with Gasteiger partial charge in [-0.1, -0.05) is 23.8 Å². The lowest BCUT2D eigenvalue weighted by Gasteiger charge is -2.21. The van der Waals surface area contributed by atoms with E-state index in [0.29, 0.717) is 12.0 Å². The second-order valence-electron chi connectivity index (χ2n) is 6.54. The van der Waals surface area contributed by atoms with Gasteiger partial charge in [0, 0.05) is 29.8 Å². The van der Waals surface area contributed by atoms with Crippen molar-refractivity contribution in [3.05, 3.63) is 53.6 Å². The van der Waals surface area contributed by atoms with Gasteiger partial charge in [-0.05, 0) is 43.2 Å². The predicted octanol–water partition coefficient (Wildman–Crippen LogP) is 4.44. The molecular formula is C20H22N2O3S. The summed E-state index contributed by atoms with van der Waals surface area (Å²) in [5, 5.41) is 3.36. The molecule has 0 saturated carbocycles. The first-order valence-corrected chi connectivity index (χ1v) is 9.88. The molecule has 1 atom stereocenters. The van der Waals surface area contributed by atoms with Gasteiger partial charge >= 0.3 is 6.03 Å². The number of rotatable bonds is 2. The summed E-state index contributed by atoms with van der Waals surface area (Å²) in [7, 11) is 0. The van der Waals surface area contributed by atoms with Crippen LogP contribution < -0.4 is 14.8 Å². The van der Waals surface area contributed by atoms with Gasteiger partial charge in [0.25, 0.3) is 0 Å². The Morgan fingerprint density at radius 3 is 2.77 bits per heavy atom. The summed E-state index contributed by atoms with van der Waals surface area (Å²) in [5.74, 6) is 2.55. The highest BCUT2D eigenvalue weighted by atomic mass is 32.2. The Balaban J connectivity index is 1.38. The molecule has 2 amide bonds. The molecular weight excluding hydrogens is 348 g/mol. The molecule has 1 N–H and O–H groups in total. The summed E-state index contributed by atoms with van der Waals surface area (Å²) < 4.78 is 10.9. The van der Waals surface area contributed by atoms with Gasteiger partial charge in [-0.3, -0.25) is 0 Å². The molecule has 26 heavy (non-hydrogen) atoms. The average molecular weight is 370 g/mol. The summed E-state index contributed by atoms with van der Waals surface area (Å²) >= 11 is 1.89. The van der Waals surface area contributed by atoms with Gasteiger partial charge in [-0.15, -0.1) is 0 Å². The van der Waals surface area contributed by atoms with Crippen molar-refractivity contribution in [2.75, 3.05) is 31.0 Å². The molecule has 2 aliphatic rings. The maximum atomic E-state index is 12.6. The predicted molar refractivity (Wildman–Crippen MR) is 104 cm³/mol. The third-order valence-electron chi connectivity index (χ3n) is 4.70. The van der Waals surface area contributed by atoms with Crippen LogP contribution >= 0.6 is 11.8 Å². The molecule has 0 aromatic heterocycles. The number of anilines is 1. The van der Waals surface area contributed by atoms with Crippen LogP contribution in [0.1, 0.15) is 22.8 Å². The van der Waals surface area contributed by atoms with Gasteiger partial charge in [0.2, 0.25) is 6.79 Å². The number of benzene rings is 2. The zero-order valence-electron chi connectivity index (χ0n) is 14.7. The van der Waals surface area contributed by atoms with Crippen LogP contribution in [0.2, 0.25) is 0 Å². The minimum Gasteiger partial charge on any atom is -0.454 e. The van der Waals surface area contributed by atoms with E-state index in [1.54, 1.807) is 0 Å². The molecule has 2 heterocycles. The number of hydrogen-bond donors (Lipinski definition) is 1. The zero-order valence-corrected chi connectivity index (χ0v) is 15.6. The van der Waals surface area contributed by atoms with Gasteiger partial charge in [0.05, 0.1) is 0 Å². The van der Waals surface area contributed by atoms with Crippen LogP contribution in [0.5, 0.6) is 11.5 Å². The largest absolute Gasteiger partial charge is 0.454 e. The first-order chi connectivity index (χ1) is 12.7. The van der Waals surface area contributed by atoms with E-state index in [1.165, 1.54) is 11.1 Å². The first kappa shape index (κ1) is 17.1. The lowest BCUT2D eigenvalue weighted by Crippen LogP contribution is -2.36. The van der Waals surface area contributed by atoms with E-state index >= 15 is 0 Å². The van der Waals surface area contributed by atoms with E-state index in [1.807, 2.05) is 53.9 Å². The first-order valence-electron chi connectivity index (χ1n) is 8.83. The second kappa shape index (κ2) is 7.50. The molecule has 4 rings (SSSR count). The van der Waals surface area contributed by atoms with E-state index < -0.39 is 0 Å². The van der Waals surface area contributed by atoms with Crippen molar-refractivity contribution in [1.29, 1.82) is 0 Å². The van der Waals surface area contributed by atoms with Crippen LogP contribution in [0.3, 0.4) is 0 Å². The Hall–Kier alpha value is -2.34. The molecule has 0 aliphatic carbocycles. The fourth-order valence-electron chi connectivity index (χ4n) is 3.19. The van der Waals surface area contributed by atoms with E-state index in [-0.39, 0.29) is 6.03 Å². The zero-order chi connectivity index (χ0) is 17.9. The van der Waals surface area contributed by atoms with Crippen LogP contribution in [0, 0.1) is 6.92 Å². The third-order valence-corrected chi connectivity index (χ3v) is 6.03. The van der Waals surface area contributed by atoms with E-state index in [4.69, 9.17) is 9.47 Å². The second-order valence-corrected chi connectivity index (χ2v) is 7.85. The lowest BCUT2D eigenvalue weighted by molar-refractivity contribution is 0.174. The van der Waals surface area contributed by atoms with Crippen molar-refractivity contribution < 1.29 is 14.3 Å². The highest BCUT2D eigenvalue weighted by Crippen LogP contribution is 2.40. The van der Waals surface area contributed by atoms with Crippen molar-refractivity contribution in [2.24, 2.45) is 0 Å². The number of nitrogens with zero attached hydrogens (tertiary/aromatic N) is 1. The summed E-state index contributed by atoms with van der Waals surface area (Å²) in [5.41, 5.74) is 3.26. The Morgan fingerprint density at radius 2 is 1.92 bits per heavy atom. The molecule has 6 heteroatoms. The Bertz CT molecular complexity index is 794. The summed E-state index contributed by atoms with van der Waals surface area (Å²) in [4.78, 5) is 14.5. The maximum Gasteiger partial charge on any atom is 0.321 e. The smallest absolute Gasteiger partial charge is 0.321 e. The van der Waals surface area contributed by atoms with Crippen molar-refractivity contribution in [1.82, 2.24) is 4.90 Å². The molecule has 0 bridgehead atoms. The molecule has 2 aromatic carbocycles. The number of carbonyl (C=O) groups is 1. The van der Waals surface area contributed by atoms with Crippen molar-refractivity contribution in [2.45, 2.75) is 18.6 Å². The summed E-state index contributed by atoms with van der Waals surface area (Å²) in [6, 6.07) is 14.0. The standard InChI is InChI=1S/C20H22N2O3S/c1-14-2-5-16(6-3-14)21-20(23)22-9-8-19(26-11-10-22)15-4-7-17-18(12-15)25-13-24-17/h2-7,12,19H,8-11,13H2,1H3,(H,21,23). The number of urea groups is 1. The minimum atomic E-state index is -0.0270. The average Bonchev–Trinajstić information content (AvgIpc) is 2.98. The van der Waals surface area contributed by atoms with Gasteiger partial charge in [-0.25, -0.2) is 4.79 Å². The maximum absolute atomic E-state index is 12.6. The molecule has 1 fully saturated rings. The topological polar surface area (TPSA) is 50.8 Å². The van der Waals surface area contributed by atoms with E-state index in [0.717, 1.165) is 42.4 Å². The number of fused-ring (bicyclic) bond motifs is 1. The number of thioether (sulfide) groups is 1. The molecule has 1 saturated heterocycles. The highest BCUT2D eigenvalue weighted by molar-refractivity contribution is 7.99. The van der Waals surface area contributed by atoms with Crippen LogP contribution in [0.4, 0.5) is 10.5 Å². The number of amides is 2. The summed E-state index contributed by atoms with van der Waals surface area (Å²) in [6.07, 6.45) is 0.922. The molecule has 2 aliphatic heterocycles. The Labute approximate surface area is 157 Å². The number of ether oxygens (including phenoxy) is 2. The summed E-state index contributed by atoms with van der Waals surface area (Å²) in [6.45, 7) is 3.82. The van der Waals surface area contributed by atoms with E-state index in [9.17, 15) is 4.79 Å². The van der Waals surface area contributed by atoms with Crippen LogP contribution in [0.15, 0.2) is 42.5 Å². The van der Waals surface area contributed by atoms with Crippen LogP contribution in [-0.2, 0) is 0 Å². The van der Waals surface area contributed by atoms with Gasteiger partial charge in [0.15, 0.2) is 11.5 Å². The molecule has 2 aromatic rings. The quantitative estimate of drug-likeness (QED) is 0.849. The Morgan fingerprint density at radius 1 is 1.12 bits per heavy atom. The Kier molecular flexibility index (Phi) is 4.93. The number of aryl methyl sites for hydroxylation is 1. The van der Waals surface area contributed by atoms with Gasteiger partial charge < -0.3 is 19.7 Å². The van der Waals surface area contributed by atoms with Crippen molar-refractivity contribution in [3.63, 3.8) is 0 Å². The van der Waals surface area contributed by atoms with Gasteiger partial charge in [-0.2, -0.15) is 11.8 Å². The lowest BCUT2D eigenvalue weighted by atomic mass is 10.1. The van der Waals surface area contributed by atoms with E-state index in [2.05, 4.69) is 17.4 Å². The molecule has 5 nitrogen and oxygen atoms in total. The fraction of sp³-hybridized carbons (Fsp3) is 0.350. The SMILES string of the molecule is Cc1ccc(NC(=O)N2CCSC(c3ccc4c(c3)OCO4)CC2)cc1. The van der Waals surface area contributed by atoms with Crippen LogP contribution in [-0.4, -0.2) is 36.6 Å². The highest BCUT2D eigenvalue weighted by Gasteiger charge is 2.24. The fourth-order valence-corrected chi connectivity index (χ4v) is 4.41. The monoisotopic (exact) mass is 370 g/mol. The van der Waals surface area contributed by atoms with Crippen molar-refractivity contribution in [3.8, 4) is 11.5 Å². The van der Waals surface area contributed by atoms with Crippen LogP contribution in [0.25, 0.3) is 0 Å². The normalized spacial score (nSPS) is 19.1. The number of hydrogen-bond acceptors (Lipinski definition) is 4.